The van der Waals surface area contributed by atoms with Crippen molar-refractivity contribution in [3.63, 3.8) is 0 Å². The van der Waals surface area contributed by atoms with E-state index in [1.54, 1.807) is 30.3 Å². The van der Waals surface area contributed by atoms with Crippen LogP contribution in [0.15, 0.2) is 78.0 Å². The number of ketones is 1. The molecule has 1 aliphatic rings. The topological polar surface area (TPSA) is 76.9 Å². The quantitative estimate of drug-likeness (QED) is 0.280. The Labute approximate surface area is 206 Å². The van der Waals surface area contributed by atoms with Gasteiger partial charge in [0.15, 0.2) is 16.8 Å². The predicted octanol–water partition coefficient (Wildman–Crippen LogP) is 5.38. The summed E-state index contributed by atoms with van der Waals surface area (Å²) in [5, 5.41) is 11.6. The van der Waals surface area contributed by atoms with E-state index >= 15 is 0 Å². The summed E-state index contributed by atoms with van der Waals surface area (Å²) in [6.45, 7) is 2.28. The van der Waals surface area contributed by atoms with Gasteiger partial charge in [-0.15, -0.1) is 10.2 Å². The molecular weight excluding hydrogens is 463 g/mol. The number of anilines is 1. The number of rotatable bonds is 7. The highest BCUT2D eigenvalue weighted by Crippen LogP contribution is 2.31. The molecule has 1 aromatic heterocycles. The number of carbonyl (C=O) groups is 2. The van der Waals surface area contributed by atoms with Gasteiger partial charge in [0.25, 0.3) is 0 Å². The number of amides is 1. The van der Waals surface area contributed by atoms with Crippen LogP contribution in [0.1, 0.15) is 34.8 Å². The summed E-state index contributed by atoms with van der Waals surface area (Å²) < 4.78 is 16.5. The molecule has 1 atom stereocenters. The number of hydrogen-bond acceptors (Lipinski definition) is 5. The SMILES string of the molecule is CC(Sc1nnc(-c2ccccc2F)n1Cc1ccccc1)C(=O)c1ccc2c(c1)CCC(=O)N2. The van der Waals surface area contributed by atoms with Crippen molar-refractivity contribution in [1.82, 2.24) is 14.8 Å². The molecule has 35 heavy (non-hydrogen) atoms. The molecule has 0 spiro atoms. The zero-order chi connectivity index (χ0) is 24.4. The highest BCUT2D eigenvalue weighted by atomic mass is 32.2. The number of thioether (sulfide) groups is 1. The van der Waals surface area contributed by atoms with Crippen LogP contribution in [-0.4, -0.2) is 31.7 Å². The van der Waals surface area contributed by atoms with Crippen molar-refractivity contribution in [2.45, 2.75) is 36.7 Å². The number of Topliss-reactive ketones (excluding diaryl/α,β-unsaturated/α-hetero) is 1. The first-order chi connectivity index (χ1) is 17.0. The second-order valence-corrected chi connectivity index (χ2v) is 9.71. The van der Waals surface area contributed by atoms with E-state index < -0.39 is 5.25 Å². The third-order valence-corrected chi connectivity index (χ3v) is 7.03. The lowest BCUT2D eigenvalue weighted by molar-refractivity contribution is -0.116. The van der Waals surface area contributed by atoms with Crippen molar-refractivity contribution in [2.24, 2.45) is 0 Å². The molecule has 3 aromatic carbocycles. The van der Waals surface area contributed by atoms with E-state index in [0.717, 1.165) is 16.8 Å². The Morgan fingerprint density at radius 1 is 1.06 bits per heavy atom. The van der Waals surface area contributed by atoms with Gasteiger partial charge in [0, 0.05) is 17.7 Å². The normalized spacial score (nSPS) is 13.7. The van der Waals surface area contributed by atoms with E-state index in [0.29, 0.717) is 41.5 Å². The van der Waals surface area contributed by atoms with Crippen molar-refractivity contribution in [2.75, 3.05) is 5.32 Å². The van der Waals surface area contributed by atoms with E-state index in [2.05, 4.69) is 15.5 Å². The molecule has 1 N–H and O–H groups in total. The zero-order valence-electron chi connectivity index (χ0n) is 19.1. The number of halogens is 1. The minimum atomic E-state index is -0.446. The summed E-state index contributed by atoms with van der Waals surface area (Å²) in [5.41, 5.74) is 3.68. The monoisotopic (exact) mass is 486 g/mol. The highest BCUT2D eigenvalue weighted by molar-refractivity contribution is 8.00. The minimum absolute atomic E-state index is 0.0103. The lowest BCUT2D eigenvalue weighted by atomic mass is 9.98. The van der Waals surface area contributed by atoms with Gasteiger partial charge in [0.1, 0.15) is 5.82 Å². The molecule has 1 unspecified atom stereocenters. The molecule has 5 rings (SSSR count). The second-order valence-electron chi connectivity index (χ2n) is 8.40. The molecule has 6 nitrogen and oxygen atoms in total. The standard InChI is InChI=1S/C27H23FN4O2S/c1-17(25(34)20-11-13-23-19(15-20)12-14-24(33)29-23)35-27-31-30-26(21-9-5-6-10-22(21)28)32(27)16-18-7-3-2-4-8-18/h2-11,13,15,17H,12,14,16H2,1H3,(H,29,33). The fourth-order valence-electron chi connectivity index (χ4n) is 4.11. The molecule has 0 radical (unpaired) electrons. The smallest absolute Gasteiger partial charge is 0.224 e. The Morgan fingerprint density at radius 3 is 2.63 bits per heavy atom. The molecule has 0 saturated carbocycles. The van der Waals surface area contributed by atoms with E-state index in [4.69, 9.17) is 0 Å². The van der Waals surface area contributed by atoms with Crippen molar-refractivity contribution >= 4 is 29.1 Å². The molecule has 0 fully saturated rings. The van der Waals surface area contributed by atoms with E-state index in [1.165, 1.54) is 17.8 Å². The maximum absolute atomic E-state index is 14.6. The largest absolute Gasteiger partial charge is 0.326 e. The van der Waals surface area contributed by atoms with Gasteiger partial charge in [-0.1, -0.05) is 54.2 Å². The Morgan fingerprint density at radius 2 is 1.83 bits per heavy atom. The summed E-state index contributed by atoms with van der Waals surface area (Å²) in [5.74, 6) is -0.0185. The van der Waals surface area contributed by atoms with Gasteiger partial charge in [-0.25, -0.2) is 4.39 Å². The highest BCUT2D eigenvalue weighted by Gasteiger charge is 2.24. The van der Waals surface area contributed by atoms with E-state index in [-0.39, 0.29) is 17.5 Å². The second kappa shape index (κ2) is 9.84. The molecule has 176 valence electrons. The molecular formula is C27H23FN4O2S. The van der Waals surface area contributed by atoms with Crippen molar-refractivity contribution in [3.8, 4) is 11.4 Å². The number of benzene rings is 3. The number of aryl methyl sites for hydroxylation is 1. The third-order valence-electron chi connectivity index (χ3n) is 5.95. The van der Waals surface area contributed by atoms with Crippen LogP contribution in [0.2, 0.25) is 0 Å². The van der Waals surface area contributed by atoms with Crippen LogP contribution in [0.25, 0.3) is 11.4 Å². The fraction of sp³-hybridized carbons (Fsp3) is 0.185. The molecule has 1 aliphatic heterocycles. The first kappa shape index (κ1) is 23.0. The number of fused-ring (bicyclic) bond motifs is 1. The summed E-state index contributed by atoms with van der Waals surface area (Å²) >= 11 is 1.30. The molecule has 0 bridgehead atoms. The number of nitrogens with one attached hydrogen (secondary N) is 1. The van der Waals surface area contributed by atoms with Crippen LogP contribution >= 0.6 is 11.8 Å². The van der Waals surface area contributed by atoms with Gasteiger partial charge in [-0.2, -0.15) is 0 Å². The van der Waals surface area contributed by atoms with Crippen LogP contribution in [0.4, 0.5) is 10.1 Å². The minimum Gasteiger partial charge on any atom is -0.326 e. The third kappa shape index (κ3) is 4.88. The Kier molecular flexibility index (Phi) is 6.46. The maximum Gasteiger partial charge on any atom is 0.224 e. The number of nitrogens with zero attached hydrogens (tertiary/aromatic N) is 3. The van der Waals surface area contributed by atoms with Crippen LogP contribution in [0, 0.1) is 5.82 Å². The van der Waals surface area contributed by atoms with E-state index in [1.807, 2.05) is 47.9 Å². The molecule has 0 saturated heterocycles. The van der Waals surface area contributed by atoms with Gasteiger partial charge in [-0.3, -0.25) is 14.2 Å². The van der Waals surface area contributed by atoms with Crippen LogP contribution < -0.4 is 5.32 Å². The number of hydrogen-bond donors (Lipinski definition) is 1. The van der Waals surface area contributed by atoms with Crippen LogP contribution in [-0.2, 0) is 17.8 Å². The average Bonchev–Trinajstić information content (AvgIpc) is 3.25. The van der Waals surface area contributed by atoms with Crippen LogP contribution in [0.3, 0.4) is 0 Å². The van der Waals surface area contributed by atoms with Gasteiger partial charge in [0.2, 0.25) is 5.91 Å². The first-order valence-electron chi connectivity index (χ1n) is 11.4. The first-order valence-corrected chi connectivity index (χ1v) is 12.2. The maximum atomic E-state index is 14.6. The number of aromatic nitrogens is 3. The zero-order valence-corrected chi connectivity index (χ0v) is 19.9. The van der Waals surface area contributed by atoms with Gasteiger partial charge in [0.05, 0.1) is 17.4 Å². The van der Waals surface area contributed by atoms with Crippen molar-refractivity contribution < 1.29 is 14.0 Å². The molecule has 8 heteroatoms. The Hall–Kier alpha value is -3.78. The van der Waals surface area contributed by atoms with Crippen molar-refractivity contribution in [3.05, 3.63) is 95.3 Å². The summed E-state index contributed by atoms with van der Waals surface area (Å²) in [6.07, 6.45) is 1.03. The Balaban J connectivity index is 1.44. The molecule has 0 aliphatic carbocycles. The lowest BCUT2D eigenvalue weighted by Gasteiger charge is -2.18. The summed E-state index contributed by atoms with van der Waals surface area (Å²) in [7, 11) is 0. The van der Waals surface area contributed by atoms with Crippen molar-refractivity contribution in [1.29, 1.82) is 0 Å². The predicted molar refractivity (Wildman–Crippen MR) is 134 cm³/mol. The summed E-state index contributed by atoms with van der Waals surface area (Å²) in [6, 6.07) is 21.6. The van der Waals surface area contributed by atoms with Gasteiger partial charge < -0.3 is 5.32 Å². The summed E-state index contributed by atoms with van der Waals surface area (Å²) in [4.78, 5) is 24.9. The Bertz CT molecular complexity index is 1400. The fourth-order valence-corrected chi connectivity index (χ4v) is 5.03. The molecule has 2 heterocycles. The van der Waals surface area contributed by atoms with Gasteiger partial charge in [-0.05, 0) is 54.8 Å². The average molecular weight is 487 g/mol. The van der Waals surface area contributed by atoms with E-state index in [9.17, 15) is 14.0 Å². The molecule has 1 amide bonds. The van der Waals surface area contributed by atoms with Gasteiger partial charge >= 0.3 is 0 Å². The van der Waals surface area contributed by atoms with Crippen LogP contribution in [0.5, 0.6) is 0 Å². The molecule has 4 aromatic rings. The number of carbonyl (C=O) groups excluding carboxylic acids is 2. The lowest BCUT2D eigenvalue weighted by Crippen LogP contribution is -2.20.